The van der Waals surface area contributed by atoms with Gasteiger partial charge >= 0.3 is 7.60 Å². The highest BCUT2D eigenvalue weighted by Crippen LogP contribution is 2.36. The molecule has 0 amide bonds. The van der Waals surface area contributed by atoms with Gasteiger partial charge < -0.3 is 14.8 Å². The van der Waals surface area contributed by atoms with Gasteiger partial charge in [-0.05, 0) is 22.6 Å². The standard InChI is InChI=1S/C8H7N6O3P/c15-18(16,17)5-3-1-2-4-6(5)10-7(9-4)8-11-13-14-12-8/h1-3H,(H,9,10)(H2,15,16,17)(H,11,12,13,14). The molecule has 0 atom stereocenters. The fraction of sp³-hybridized carbons (Fsp3) is 0. The number of rotatable bonds is 2. The van der Waals surface area contributed by atoms with Gasteiger partial charge in [0.05, 0.1) is 10.8 Å². The SMILES string of the molecule is O=P(O)(O)c1cccc2[nH]c(-c3nnn[nH]3)nc12. The molecule has 0 aliphatic carbocycles. The van der Waals surface area contributed by atoms with Crippen LogP contribution in [0.3, 0.4) is 0 Å². The largest absolute Gasteiger partial charge is 0.358 e. The Morgan fingerprint density at radius 2 is 2.06 bits per heavy atom. The van der Waals surface area contributed by atoms with E-state index in [9.17, 15) is 14.4 Å². The van der Waals surface area contributed by atoms with Crippen molar-refractivity contribution in [2.24, 2.45) is 0 Å². The molecule has 0 saturated carbocycles. The van der Waals surface area contributed by atoms with Crippen LogP contribution in [0.5, 0.6) is 0 Å². The van der Waals surface area contributed by atoms with Gasteiger partial charge in [-0.15, -0.1) is 5.10 Å². The second kappa shape index (κ2) is 3.70. The van der Waals surface area contributed by atoms with Gasteiger partial charge in [-0.3, -0.25) is 4.57 Å². The van der Waals surface area contributed by atoms with Crippen molar-refractivity contribution in [3.05, 3.63) is 18.2 Å². The molecule has 92 valence electrons. The van der Waals surface area contributed by atoms with Crippen LogP contribution in [-0.2, 0) is 4.57 Å². The van der Waals surface area contributed by atoms with Crippen molar-refractivity contribution in [2.45, 2.75) is 0 Å². The fourth-order valence-corrected chi connectivity index (χ4v) is 2.35. The molecule has 0 bridgehead atoms. The summed E-state index contributed by atoms with van der Waals surface area (Å²) in [5.74, 6) is 0.610. The Labute approximate surface area is 99.4 Å². The molecule has 1 aromatic carbocycles. The van der Waals surface area contributed by atoms with Crippen LogP contribution < -0.4 is 5.30 Å². The predicted octanol–water partition coefficient (Wildman–Crippen LogP) is -0.454. The lowest BCUT2D eigenvalue weighted by Gasteiger charge is -2.03. The average molecular weight is 266 g/mol. The van der Waals surface area contributed by atoms with Crippen LogP contribution in [0.2, 0.25) is 0 Å². The average Bonchev–Trinajstić information content (AvgIpc) is 2.95. The summed E-state index contributed by atoms with van der Waals surface area (Å²) in [6.07, 6.45) is 0. The van der Waals surface area contributed by atoms with Gasteiger partial charge in [-0.2, -0.15) is 0 Å². The van der Waals surface area contributed by atoms with E-state index in [2.05, 4.69) is 30.6 Å². The molecule has 2 aromatic heterocycles. The van der Waals surface area contributed by atoms with Crippen LogP contribution in [0.4, 0.5) is 0 Å². The second-order valence-corrected chi connectivity index (χ2v) is 5.12. The molecule has 0 aliphatic heterocycles. The van der Waals surface area contributed by atoms with Gasteiger partial charge in [0.1, 0.15) is 5.52 Å². The van der Waals surface area contributed by atoms with Gasteiger partial charge in [0, 0.05) is 0 Å². The third kappa shape index (κ3) is 1.70. The third-order valence-electron chi connectivity index (χ3n) is 2.37. The highest BCUT2D eigenvalue weighted by atomic mass is 31.2. The lowest BCUT2D eigenvalue weighted by Crippen LogP contribution is -2.04. The molecule has 0 aliphatic rings. The van der Waals surface area contributed by atoms with E-state index in [0.29, 0.717) is 17.2 Å². The minimum Gasteiger partial charge on any atom is -0.335 e. The second-order valence-electron chi connectivity index (χ2n) is 3.55. The molecule has 10 heteroatoms. The lowest BCUT2D eigenvalue weighted by atomic mass is 10.3. The summed E-state index contributed by atoms with van der Waals surface area (Å²) >= 11 is 0. The number of hydrogen-bond donors (Lipinski definition) is 4. The molecule has 4 N–H and O–H groups in total. The maximum atomic E-state index is 11.3. The summed E-state index contributed by atoms with van der Waals surface area (Å²) in [6, 6.07) is 4.54. The highest BCUT2D eigenvalue weighted by Gasteiger charge is 2.22. The van der Waals surface area contributed by atoms with E-state index in [1.807, 2.05) is 0 Å². The number of nitrogens with one attached hydrogen (secondary N) is 2. The first-order valence-corrected chi connectivity index (χ1v) is 6.46. The normalized spacial score (nSPS) is 12.1. The number of hydrogen-bond acceptors (Lipinski definition) is 5. The quantitative estimate of drug-likeness (QED) is 0.460. The van der Waals surface area contributed by atoms with E-state index >= 15 is 0 Å². The zero-order chi connectivity index (χ0) is 12.8. The van der Waals surface area contributed by atoms with Crippen molar-refractivity contribution in [1.29, 1.82) is 0 Å². The van der Waals surface area contributed by atoms with Crippen LogP contribution in [0.25, 0.3) is 22.7 Å². The highest BCUT2D eigenvalue weighted by molar-refractivity contribution is 7.60. The molecule has 2 heterocycles. The summed E-state index contributed by atoms with van der Waals surface area (Å²) in [5, 5.41) is 12.9. The van der Waals surface area contributed by atoms with E-state index in [-0.39, 0.29) is 10.8 Å². The molecular weight excluding hydrogens is 259 g/mol. The summed E-state index contributed by atoms with van der Waals surface area (Å²) < 4.78 is 11.3. The lowest BCUT2D eigenvalue weighted by molar-refractivity contribution is 0.387. The Balaban J connectivity index is 2.27. The molecule has 0 radical (unpaired) electrons. The topological polar surface area (TPSA) is 141 Å². The summed E-state index contributed by atoms with van der Waals surface area (Å²) in [7, 11) is -4.37. The molecule has 0 saturated heterocycles. The minimum absolute atomic E-state index is 0.130. The third-order valence-corrected chi connectivity index (χ3v) is 3.36. The van der Waals surface area contributed by atoms with Crippen LogP contribution in [0, 0.1) is 0 Å². The molecule has 0 fully saturated rings. The van der Waals surface area contributed by atoms with E-state index in [1.165, 1.54) is 12.1 Å². The maximum absolute atomic E-state index is 11.3. The van der Waals surface area contributed by atoms with Crippen molar-refractivity contribution >= 4 is 23.9 Å². The first-order chi connectivity index (χ1) is 8.55. The minimum atomic E-state index is -4.37. The zero-order valence-corrected chi connectivity index (χ0v) is 9.67. The monoisotopic (exact) mass is 266 g/mol. The predicted molar refractivity (Wildman–Crippen MR) is 60.9 cm³/mol. The molecule has 3 aromatic rings. The first kappa shape index (κ1) is 11.0. The van der Waals surface area contributed by atoms with Crippen LogP contribution >= 0.6 is 7.60 Å². The Morgan fingerprint density at radius 3 is 2.72 bits per heavy atom. The number of benzene rings is 1. The number of H-pyrrole nitrogens is 2. The molecule has 0 unspecified atom stereocenters. The van der Waals surface area contributed by atoms with Crippen molar-refractivity contribution in [3.63, 3.8) is 0 Å². The Hall–Kier alpha value is -2.09. The Bertz CT molecular complexity index is 745. The van der Waals surface area contributed by atoms with E-state index in [4.69, 9.17) is 0 Å². The van der Waals surface area contributed by atoms with Crippen molar-refractivity contribution in [2.75, 3.05) is 0 Å². The number of fused-ring (bicyclic) bond motifs is 1. The van der Waals surface area contributed by atoms with Gasteiger partial charge in [-0.1, -0.05) is 6.07 Å². The van der Waals surface area contributed by atoms with Gasteiger partial charge in [0.15, 0.2) is 5.82 Å². The van der Waals surface area contributed by atoms with E-state index in [0.717, 1.165) is 0 Å². The van der Waals surface area contributed by atoms with Gasteiger partial charge in [-0.25, -0.2) is 10.1 Å². The molecule has 18 heavy (non-hydrogen) atoms. The number of imidazole rings is 1. The van der Waals surface area contributed by atoms with Crippen LogP contribution in [-0.4, -0.2) is 40.4 Å². The van der Waals surface area contributed by atoms with Crippen molar-refractivity contribution < 1.29 is 14.4 Å². The van der Waals surface area contributed by atoms with Crippen molar-refractivity contribution in [1.82, 2.24) is 30.6 Å². The number of nitrogens with zero attached hydrogens (tertiary/aromatic N) is 4. The smallest absolute Gasteiger partial charge is 0.335 e. The van der Waals surface area contributed by atoms with E-state index < -0.39 is 7.60 Å². The Morgan fingerprint density at radius 1 is 1.22 bits per heavy atom. The number of para-hydroxylation sites is 1. The molecule has 0 spiro atoms. The summed E-state index contributed by atoms with van der Waals surface area (Å²) in [6.45, 7) is 0. The molecule has 9 nitrogen and oxygen atoms in total. The van der Waals surface area contributed by atoms with Gasteiger partial charge in [0.25, 0.3) is 0 Å². The van der Waals surface area contributed by atoms with Crippen molar-refractivity contribution in [3.8, 4) is 11.6 Å². The zero-order valence-electron chi connectivity index (χ0n) is 8.77. The van der Waals surface area contributed by atoms with E-state index in [1.54, 1.807) is 6.07 Å². The number of aromatic amines is 2. The number of tetrazole rings is 1. The van der Waals surface area contributed by atoms with Crippen LogP contribution in [0.15, 0.2) is 18.2 Å². The van der Waals surface area contributed by atoms with Gasteiger partial charge in [0.2, 0.25) is 5.82 Å². The first-order valence-electron chi connectivity index (χ1n) is 4.84. The summed E-state index contributed by atoms with van der Waals surface area (Å²) in [4.78, 5) is 25.5. The Kier molecular flexibility index (Phi) is 2.27. The maximum Gasteiger partial charge on any atom is 0.358 e. The molecular formula is C8H7N6O3P. The van der Waals surface area contributed by atoms with Crippen LogP contribution in [0.1, 0.15) is 0 Å². The number of aromatic nitrogens is 6. The fourth-order valence-electron chi connectivity index (χ4n) is 1.62. The molecule has 3 rings (SSSR count). The summed E-state index contributed by atoms with van der Waals surface area (Å²) in [5.41, 5.74) is 0.708.